The standard InChI is InChI=1S/C14H31NO4/c1-5-8-18-13(4)19-10-9-17-12-14(16)11-15(6-2)7-3/h13-14,16H,5-12H2,1-4H3. The van der Waals surface area contributed by atoms with Gasteiger partial charge in [0.2, 0.25) is 0 Å². The number of nitrogens with zero attached hydrogens (tertiary/aromatic N) is 1. The molecular formula is C14H31NO4. The Morgan fingerprint density at radius 3 is 2.21 bits per heavy atom. The molecule has 5 heteroatoms. The van der Waals surface area contributed by atoms with Crippen molar-refractivity contribution in [2.75, 3.05) is 46.1 Å². The molecule has 0 heterocycles. The summed E-state index contributed by atoms with van der Waals surface area (Å²) in [5.41, 5.74) is 0. The van der Waals surface area contributed by atoms with E-state index in [1.54, 1.807) is 0 Å². The zero-order valence-electron chi connectivity index (χ0n) is 12.9. The summed E-state index contributed by atoms with van der Waals surface area (Å²) in [6.45, 7) is 12.7. The fraction of sp³-hybridized carbons (Fsp3) is 1.00. The Balaban J connectivity index is 3.42. The summed E-state index contributed by atoms with van der Waals surface area (Å²) in [4.78, 5) is 2.17. The fourth-order valence-corrected chi connectivity index (χ4v) is 1.66. The zero-order chi connectivity index (χ0) is 14.5. The molecule has 0 saturated heterocycles. The Labute approximate surface area is 117 Å². The van der Waals surface area contributed by atoms with Crippen molar-refractivity contribution in [2.45, 2.75) is 46.5 Å². The third kappa shape index (κ3) is 11.3. The maximum atomic E-state index is 9.77. The lowest BCUT2D eigenvalue weighted by atomic mass is 10.3. The molecule has 0 spiro atoms. The first-order valence-corrected chi connectivity index (χ1v) is 7.35. The lowest BCUT2D eigenvalue weighted by molar-refractivity contribution is -0.141. The minimum atomic E-state index is -0.436. The van der Waals surface area contributed by atoms with Gasteiger partial charge >= 0.3 is 0 Å². The highest BCUT2D eigenvalue weighted by Gasteiger charge is 2.09. The molecule has 0 aliphatic carbocycles. The average molecular weight is 277 g/mol. The molecule has 116 valence electrons. The smallest absolute Gasteiger partial charge is 0.154 e. The number of likely N-dealkylation sites (N-methyl/N-ethyl adjacent to an activating group) is 1. The van der Waals surface area contributed by atoms with E-state index in [9.17, 15) is 5.11 Å². The lowest BCUT2D eigenvalue weighted by Crippen LogP contribution is -2.35. The van der Waals surface area contributed by atoms with Crippen molar-refractivity contribution in [2.24, 2.45) is 0 Å². The number of aliphatic hydroxyl groups excluding tert-OH is 1. The summed E-state index contributed by atoms with van der Waals surface area (Å²) >= 11 is 0. The van der Waals surface area contributed by atoms with E-state index in [-0.39, 0.29) is 6.29 Å². The van der Waals surface area contributed by atoms with E-state index in [0.29, 0.717) is 33.0 Å². The van der Waals surface area contributed by atoms with Gasteiger partial charge in [-0.1, -0.05) is 20.8 Å². The molecular weight excluding hydrogens is 246 g/mol. The summed E-state index contributed by atoms with van der Waals surface area (Å²) in [5.74, 6) is 0. The van der Waals surface area contributed by atoms with Gasteiger partial charge in [0.15, 0.2) is 6.29 Å². The Kier molecular flexibility index (Phi) is 12.7. The van der Waals surface area contributed by atoms with Crippen LogP contribution in [0.1, 0.15) is 34.1 Å². The van der Waals surface area contributed by atoms with Gasteiger partial charge in [-0.3, -0.25) is 0 Å². The van der Waals surface area contributed by atoms with Crippen molar-refractivity contribution in [3.05, 3.63) is 0 Å². The Hall–Kier alpha value is -0.200. The molecule has 0 aromatic rings. The van der Waals surface area contributed by atoms with Gasteiger partial charge in [0, 0.05) is 13.2 Å². The molecule has 0 aromatic heterocycles. The SMILES string of the molecule is CCCOC(C)OCCOCC(O)CN(CC)CC. The first-order chi connectivity index (χ1) is 9.13. The van der Waals surface area contributed by atoms with Crippen LogP contribution in [-0.2, 0) is 14.2 Å². The molecule has 0 radical (unpaired) electrons. The van der Waals surface area contributed by atoms with Crippen LogP contribution in [-0.4, -0.2) is 68.5 Å². The molecule has 0 aliphatic heterocycles. The number of ether oxygens (including phenoxy) is 3. The first kappa shape index (κ1) is 18.8. The van der Waals surface area contributed by atoms with Crippen LogP contribution < -0.4 is 0 Å². The molecule has 0 saturated carbocycles. The van der Waals surface area contributed by atoms with E-state index in [4.69, 9.17) is 14.2 Å². The number of aliphatic hydroxyl groups is 1. The van der Waals surface area contributed by atoms with Crippen molar-refractivity contribution in [3.8, 4) is 0 Å². The molecule has 0 bridgehead atoms. The zero-order valence-corrected chi connectivity index (χ0v) is 12.9. The van der Waals surface area contributed by atoms with Crippen LogP contribution in [0.5, 0.6) is 0 Å². The van der Waals surface area contributed by atoms with Crippen LogP contribution in [0.3, 0.4) is 0 Å². The predicted octanol–water partition coefficient (Wildman–Crippen LogP) is 1.49. The van der Waals surface area contributed by atoms with Gasteiger partial charge in [0.1, 0.15) is 0 Å². The minimum Gasteiger partial charge on any atom is -0.389 e. The summed E-state index contributed by atoms with van der Waals surface area (Å²) < 4.78 is 16.2. The van der Waals surface area contributed by atoms with Gasteiger partial charge in [0.05, 0.1) is 25.9 Å². The number of hydrogen-bond acceptors (Lipinski definition) is 5. The third-order valence-corrected chi connectivity index (χ3v) is 2.81. The van der Waals surface area contributed by atoms with Crippen LogP contribution in [0.4, 0.5) is 0 Å². The van der Waals surface area contributed by atoms with Gasteiger partial charge in [-0.2, -0.15) is 0 Å². The van der Waals surface area contributed by atoms with Gasteiger partial charge < -0.3 is 24.2 Å². The Morgan fingerprint density at radius 1 is 1.00 bits per heavy atom. The monoisotopic (exact) mass is 277 g/mol. The molecule has 0 rings (SSSR count). The molecule has 19 heavy (non-hydrogen) atoms. The van der Waals surface area contributed by atoms with Crippen molar-refractivity contribution in [3.63, 3.8) is 0 Å². The maximum absolute atomic E-state index is 9.77. The molecule has 0 fully saturated rings. The molecule has 0 aromatic carbocycles. The quantitative estimate of drug-likeness (QED) is 0.408. The van der Waals surface area contributed by atoms with Gasteiger partial charge in [0.25, 0.3) is 0 Å². The lowest BCUT2D eigenvalue weighted by Gasteiger charge is -2.21. The summed E-state index contributed by atoms with van der Waals surface area (Å²) in [6, 6.07) is 0. The van der Waals surface area contributed by atoms with Crippen molar-refractivity contribution in [1.29, 1.82) is 0 Å². The van der Waals surface area contributed by atoms with Crippen molar-refractivity contribution in [1.82, 2.24) is 4.90 Å². The molecule has 0 aliphatic rings. The number of hydrogen-bond donors (Lipinski definition) is 1. The Morgan fingerprint density at radius 2 is 1.63 bits per heavy atom. The third-order valence-electron chi connectivity index (χ3n) is 2.81. The topological polar surface area (TPSA) is 51.2 Å². The average Bonchev–Trinajstić information content (AvgIpc) is 2.42. The van der Waals surface area contributed by atoms with E-state index < -0.39 is 6.10 Å². The van der Waals surface area contributed by atoms with E-state index in [0.717, 1.165) is 19.5 Å². The van der Waals surface area contributed by atoms with Crippen LogP contribution in [0.2, 0.25) is 0 Å². The normalized spacial score (nSPS) is 14.8. The maximum Gasteiger partial charge on any atom is 0.154 e. The van der Waals surface area contributed by atoms with Crippen LogP contribution in [0.15, 0.2) is 0 Å². The second kappa shape index (κ2) is 12.8. The summed E-state index contributed by atoms with van der Waals surface area (Å²) in [6.07, 6.45) is 0.361. The van der Waals surface area contributed by atoms with Gasteiger partial charge in [-0.25, -0.2) is 0 Å². The van der Waals surface area contributed by atoms with E-state index in [1.807, 2.05) is 6.92 Å². The fourth-order valence-electron chi connectivity index (χ4n) is 1.66. The van der Waals surface area contributed by atoms with Crippen LogP contribution in [0, 0.1) is 0 Å². The second-order valence-corrected chi connectivity index (χ2v) is 4.52. The molecule has 2 atom stereocenters. The van der Waals surface area contributed by atoms with E-state index in [2.05, 4.69) is 25.7 Å². The highest BCUT2D eigenvalue weighted by Crippen LogP contribution is 1.96. The van der Waals surface area contributed by atoms with Gasteiger partial charge in [-0.05, 0) is 26.4 Å². The highest BCUT2D eigenvalue weighted by molar-refractivity contribution is 4.61. The van der Waals surface area contributed by atoms with Crippen LogP contribution >= 0.6 is 0 Å². The number of rotatable bonds is 13. The van der Waals surface area contributed by atoms with Crippen molar-refractivity contribution < 1.29 is 19.3 Å². The molecule has 1 N–H and O–H groups in total. The second-order valence-electron chi connectivity index (χ2n) is 4.52. The minimum absolute atomic E-state index is 0.191. The van der Waals surface area contributed by atoms with Crippen LogP contribution in [0.25, 0.3) is 0 Å². The van der Waals surface area contributed by atoms with Crippen molar-refractivity contribution >= 4 is 0 Å². The predicted molar refractivity (Wildman–Crippen MR) is 76.3 cm³/mol. The van der Waals surface area contributed by atoms with E-state index >= 15 is 0 Å². The largest absolute Gasteiger partial charge is 0.389 e. The highest BCUT2D eigenvalue weighted by atomic mass is 16.7. The van der Waals surface area contributed by atoms with E-state index in [1.165, 1.54) is 0 Å². The summed E-state index contributed by atoms with van der Waals surface area (Å²) in [7, 11) is 0. The molecule has 0 amide bonds. The van der Waals surface area contributed by atoms with Gasteiger partial charge in [-0.15, -0.1) is 0 Å². The Bertz CT molecular complexity index is 188. The molecule has 5 nitrogen and oxygen atoms in total. The summed E-state index contributed by atoms with van der Waals surface area (Å²) in [5, 5.41) is 9.77. The first-order valence-electron chi connectivity index (χ1n) is 7.35. The molecule has 2 unspecified atom stereocenters.